The molecular weight excluding hydrogens is 295 g/mol. The fourth-order valence-corrected chi connectivity index (χ4v) is 7.91. The molecule has 8 unspecified atom stereocenters. The van der Waals surface area contributed by atoms with Crippen molar-refractivity contribution in [3.8, 4) is 0 Å². The Bertz CT molecular complexity index is 446. The Morgan fingerprint density at radius 2 is 1.12 bits per heavy atom. The molecule has 4 bridgehead atoms. The third-order valence-corrected chi connectivity index (χ3v) is 9.94. The molecule has 6 fully saturated rings. The van der Waals surface area contributed by atoms with Crippen LogP contribution in [0.3, 0.4) is 0 Å². The third kappa shape index (κ3) is 2.22. The first kappa shape index (κ1) is 18.8. The predicted molar refractivity (Wildman–Crippen MR) is 102 cm³/mol. The highest BCUT2D eigenvalue weighted by atomic mass is 16.4. The van der Waals surface area contributed by atoms with Crippen molar-refractivity contribution in [2.45, 2.75) is 78.9 Å². The summed E-state index contributed by atoms with van der Waals surface area (Å²) in [5.41, 5.74) is 1.19. The van der Waals surface area contributed by atoms with Crippen molar-refractivity contribution in [3.63, 3.8) is 0 Å². The van der Waals surface area contributed by atoms with Crippen molar-refractivity contribution < 1.29 is 10.1 Å². The van der Waals surface area contributed by atoms with Gasteiger partial charge in [0, 0.05) is 7.11 Å². The van der Waals surface area contributed by atoms with E-state index in [2.05, 4.69) is 41.5 Å². The average Bonchev–Trinajstić information content (AvgIpc) is 2.49. The molecule has 6 rings (SSSR count). The maximum atomic E-state index is 6.24. The second kappa shape index (κ2) is 5.74. The molecule has 0 radical (unpaired) electrons. The number of hydrogen-bond acceptors (Lipinski definition) is 1. The van der Waals surface area contributed by atoms with Crippen molar-refractivity contribution in [3.05, 3.63) is 0 Å². The molecular formula is C21H39BO2. The highest BCUT2D eigenvalue weighted by Crippen LogP contribution is 2.69. The van der Waals surface area contributed by atoms with Crippen LogP contribution in [0, 0.1) is 46.3 Å². The van der Waals surface area contributed by atoms with E-state index in [1.54, 1.807) is 0 Å². The fourth-order valence-electron chi connectivity index (χ4n) is 7.91. The van der Waals surface area contributed by atoms with Crippen LogP contribution in [0.4, 0.5) is 0 Å². The average molecular weight is 334 g/mol. The minimum absolute atomic E-state index is 0. The summed E-state index contributed by atoms with van der Waals surface area (Å²) in [4.78, 5) is 0. The summed E-state index contributed by atoms with van der Waals surface area (Å²) in [5, 5.41) is 0. The zero-order valence-electron chi connectivity index (χ0n) is 16.9. The molecule has 6 saturated carbocycles. The molecule has 0 amide bonds. The van der Waals surface area contributed by atoms with E-state index in [0.29, 0.717) is 17.7 Å². The summed E-state index contributed by atoms with van der Waals surface area (Å²) < 4.78 is 6.24. The standard InChI is InChI=1S/C21H37BO.H2O/c1-12-16-8-14(20(16,3)4)10-18(12)22(23-7)19-11-15-9-17(13(19)2)21(15,5)6;/h12-19H,8-11H2,1-7H3;1H2. The van der Waals surface area contributed by atoms with Crippen LogP contribution in [-0.2, 0) is 4.65 Å². The molecule has 3 heteroatoms. The Balaban J connectivity index is 0.00000169. The Labute approximate surface area is 149 Å². The molecule has 8 atom stereocenters. The van der Waals surface area contributed by atoms with Crippen molar-refractivity contribution in [2.75, 3.05) is 7.11 Å². The molecule has 6 aliphatic rings. The van der Waals surface area contributed by atoms with E-state index in [-0.39, 0.29) is 5.48 Å². The monoisotopic (exact) mass is 334 g/mol. The third-order valence-electron chi connectivity index (χ3n) is 9.94. The van der Waals surface area contributed by atoms with Crippen LogP contribution in [0.25, 0.3) is 0 Å². The summed E-state index contributed by atoms with van der Waals surface area (Å²) in [6.07, 6.45) is 5.81. The minimum atomic E-state index is 0. The van der Waals surface area contributed by atoms with Gasteiger partial charge in [-0.15, -0.1) is 0 Å². The van der Waals surface area contributed by atoms with E-state index in [0.717, 1.165) is 47.1 Å². The lowest BCUT2D eigenvalue weighted by Crippen LogP contribution is -2.60. The summed E-state index contributed by atoms with van der Waals surface area (Å²) in [5.74, 6) is 7.10. The van der Waals surface area contributed by atoms with Gasteiger partial charge in [0.2, 0.25) is 0 Å². The van der Waals surface area contributed by atoms with Crippen LogP contribution >= 0.6 is 0 Å². The summed E-state index contributed by atoms with van der Waals surface area (Å²) >= 11 is 0. The zero-order valence-corrected chi connectivity index (χ0v) is 16.9. The van der Waals surface area contributed by atoms with Gasteiger partial charge in [0.25, 0.3) is 6.92 Å². The van der Waals surface area contributed by atoms with Crippen LogP contribution in [0.5, 0.6) is 0 Å². The van der Waals surface area contributed by atoms with Gasteiger partial charge in [0.15, 0.2) is 0 Å². The Hall–Kier alpha value is -0.0151. The smallest absolute Gasteiger partial charge is 0.299 e. The molecule has 0 saturated heterocycles. The minimum Gasteiger partial charge on any atom is -0.438 e. The first-order valence-electron chi connectivity index (χ1n) is 10.2. The van der Waals surface area contributed by atoms with Crippen LogP contribution in [0.15, 0.2) is 0 Å². The van der Waals surface area contributed by atoms with E-state index in [9.17, 15) is 0 Å². The highest BCUT2D eigenvalue weighted by Gasteiger charge is 2.62. The molecule has 138 valence electrons. The lowest BCUT2D eigenvalue weighted by molar-refractivity contribution is -0.110. The molecule has 0 aromatic heterocycles. The largest absolute Gasteiger partial charge is 0.438 e. The molecule has 6 aliphatic carbocycles. The second-order valence-corrected chi connectivity index (χ2v) is 10.9. The molecule has 0 heterocycles. The zero-order chi connectivity index (χ0) is 16.7. The van der Waals surface area contributed by atoms with Gasteiger partial charge in [-0.1, -0.05) is 54.4 Å². The van der Waals surface area contributed by atoms with Gasteiger partial charge < -0.3 is 10.1 Å². The maximum absolute atomic E-state index is 6.24. The van der Waals surface area contributed by atoms with Gasteiger partial charge in [0.1, 0.15) is 0 Å². The normalized spacial score (nSPS) is 50.1. The first-order chi connectivity index (χ1) is 10.7. The predicted octanol–water partition coefficient (Wildman–Crippen LogP) is 4.94. The van der Waals surface area contributed by atoms with Gasteiger partial charge >= 0.3 is 0 Å². The quantitative estimate of drug-likeness (QED) is 0.674. The maximum Gasteiger partial charge on any atom is 0.299 e. The van der Waals surface area contributed by atoms with Crippen LogP contribution in [-0.4, -0.2) is 19.5 Å². The number of hydrogen-bond donors (Lipinski definition) is 0. The lowest BCUT2D eigenvalue weighted by atomic mass is 9.27. The van der Waals surface area contributed by atoms with E-state index >= 15 is 0 Å². The van der Waals surface area contributed by atoms with Gasteiger partial charge in [-0.2, -0.15) is 0 Å². The number of fused-ring (bicyclic) bond motifs is 4. The summed E-state index contributed by atoms with van der Waals surface area (Å²) in [6.45, 7) is 15.7. The van der Waals surface area contributed by atoms with Gasteiger partial charge in [0.05, 0.1) is 0 Å². The molecule has 2 nitrogen and oxygen atoms in total. The SMILES string of the molecule is COB(C1CC2CC(C1C)C2(C)C)C1CC2CC(C1C)C2(C)C.O. The highest BCUT2D eigenvalue weighted by molar-refractivity contribution is 6.55. The van der Waals surface area contributed by atoms with Gasteiger partial charge in [-0.05, 0) is 70.8 Å². The number of rotatable bonds is 3. The molecule has 0 aromatic carbocycles. The van der Waals surface area contributed by atoms with E-state index < -0.39 is 0 Å². The second-order valence-electron chi connectivity index (χ2n) is 10.9. The van der Waals surface area contributed by atoms with E-state index in [1.165, 1.54) is 25.7 Å². The topological polar surface area (TPSA) is 40.7 Å². The van der Waals surface area contributed by atoms with Crippen LogP contribution < -0.4 is 0 Å². The first-order valence-corrected chi connectivity index (χ1v) is 10.2. The van der Waals surface area contributed by atoms with Crippen molar-refractivity contribution in [2.24, 2.45) is 46.3 Å². The lowest BCUT2D eigenvalue weighted by Gasteiger charge is -2.65. The van der Waals surface area contributed by atoms with Crippen molar-refractivity contribution in [1.29, 1.82) is 0 Å². The summed E-state index contributed by atoms with van der Waals surface area (Å²) in [6, 6.07) is 0. The van der Waals surface area contributed by atoms with Crippen molar-refractivity contribution in [1.82, 2.24) is 0 Å². The van der Waals surface area contributed by atoms with Crippen molar-refractivity contribution >= 4 is 6.92 Å². The van der Waals surface area contributed by atoms with Crippen LogP contribution in [0.2, 0.25) is 11.6 Å². The van der Waals surface area contributed by atoms with Crippen LogP contribution in [0.1, 0.15) is 67.2 Å². The van der Waals surface area contributed by atoms with E-state index in [1.807, 2.05) is 7.11 Å². The molecule has 24 heavy (non-hydrogen) atoms. The molecule has 2 N–H and O–H groups in total. The van der Waals surface area contributed by atoms with Gasteiger partial charge in [-0.25, -0.2) is 0 Å². The Kier molecular flexibility index (Phi) is 4.49. The fraction of sp³-hybridized carbons (Fsp3) is 1.00. The molecule has 0 aromatic rings. The Morgan fingerprint density at radius 1 is 0.750 bits per heavy atom. The van der Waals surface area contributed by atoms with E-state index in [4.69, 9.17) is 4.65 Å². The Morgan fingerprint density at radius 3 is 1.38 bits per heavy atom. The molecule has 0 spiro atoms. The van der Waals surface area contributed by atoms with Gasteiger partial charge in [-0.3, -0.25) is 0 Å². The molecule has 0 aliphatic heterocycles. The summed E-state index contributed by atoms with van der Waals surface area (Å²) in [7, 11) is 2.00.